The molecule has 0 bridgehead atoms. The minimum absolute atomic E-state index is 0.196. The molecule has 0 radical (unpaired) electrons. The first kappa shape index (κ1) is 13.9. The summed E-state index contributed by atoms with van der Waals surface area (Å²) in [5.74, 6) is -2.35. The Hall–Kier alpha value is -3.02. The summed E-state index contributed by atoms with van der Waals surface area (Å²) in [7, 11) is 0. The van der Waals surface area contributed by atoms with Crippen LogP contribution in [0.2, 0.25) is 0 Å². The molecule has 0 aliphatic heterocycles. The lowest BCUT2D eigenvalue weighted by Crippen LogP contribution is -2.16. The van der Waals surface area contributed by atoms with E-state index in [-0.39, 0.29) is 11.1 Å². The van der Waals surface area contributed by atoms with Crippen LogP contribution in [0.25, 0.3) is 11.0 Å². The summed E-state index contributed by atoms with van der Waals surface area (Å²) in [6.45, 7) is 1.85. The van der Waals surface area contributed by atoms with E-state index in [1.54, 1.807) is 12.3 Å². The van der Waals surface area contributed by atoms with Gasteiger partial charge in [-0.3, -0.25) is 9.59 Å². The number of primary amides is 1. The Morgan fingerprint density at radius 3 is 2.68 bits per heavy atom. The van der Waals surface area contributed by atoms with Gasteiger partial charge in [-0.25, -0.2) is 9.37 Å². The summed E-state index contributed by atoms with van der Waals surface area (Å²) in [5, 5.41) is 0.605. The molecule has 3 rings (SSSR count). The van der Waals surface area contributed by atoms with Crippen LogP contribution in [0.4, 0.5) is 4.39 Å². The molecule has 2 heterocycles. The van der Waals surface area contributed by atoms with Gasteiger partial charge in [0.05, 0.1) is 11.1 Å². The molecule has 5 nitrogen and oxygen atoms in total. The van der Waals surface area contributed by atoms with Crippen molar-refractivity contribution in [2.45, 2.75) is 6.92 Å². The SMILES string of the molecule is Cc1cnc2[nH]cc(C(=O)c3cccc(C(N)=O)c3F)c2c1. The van der Waals surface area contributed by atoms with Crippen LogP contribution < -0.4 is 5.73 Å². The number of fused-ring (bicyclic) bond motifs is 1. The summed E-state index contributed by atoms with van der Waals surface area (Å²) < 4.78 is 14.3. The van der Waals surface area contributed by atoms with E-state index in [1.807, 2.05) is 6.92 Å². The third-order valence-electron chi connectivity index (χ3n) is 3.42. The molecule has 1 amide bonds. The number of carbonyl (C=O) groups is 2. The minimum Gasteiger partial charge on any atom is -0.366 e. The molecule has 110 valence electrons. The lowest BCUT2D eigenvalue weighted by Gasteiger charge is -2.05. The standard InChI is InChI=1S/C16H12FN3O2/c1-8-5-11-12(7-20-16(11)19-6-8)14(21)9-3-2-4-10(13(9)17)15(18)22/h2-7H,1H3,(H2,18,22)(H,19,20). The van der Waals surface area contributed by atoms with Crippen LogP contribution in [0.15, 0.2) is 36.7 Å². The first-order valence-electron chi connectivity index (χ1n) is 6.56. The van der Waals surface area contributed by atoms with Gasteiger partial charge in [-0.05, 0) is 30.7 Å². The van der Waals surface area contributed by atoms with E-state index < -0.39 is 17.5 Å². The van der Waals surface area contributed by atoms with Crippen LogP contribution in [0.3, 0.4) is 0 Å². The van der Waals surface area contributed by atoms with Crippen molar-refractivity contribution in [2.24, 2.45) is 5.73 Å². The van der Waals surface area contributed by atoms with Gasteiger partial charge in [0.25, 0.3) is 5.91 Å². The number of halogens is 1. The van der Waals surface area contributed by atoms with Crippen molar-refractivity contribution in [3.63, 3.8) is 0 Å². The summed E-state index contributed by atoms with van der Waals surface area (Å²) in [6, 6.07) is 5.79. The number of nitrogens with two attached hydrogens (primary N) is 1. The maximum absolute atomic E-state index is 14.3. The molecule has 0 aliphatic carbocycles. The third kappa shape index (κ3) is 2.14. The fourth-order valence-corrected chi connectivity index (χ4v) is 2.34. The summed E-state index contributed by atoms with van der Waals surface area (Å²) >= 11 is 0. The Bertz CT molecular complexity index is 915. The van der Waals surface area contributed by atoms with Gasteiger partial charge in [-0.2, -0.15) is 0 Å². The summed E-state index contributed by atoms with van der Waals surface area (Å²) in [4.78, 5) is 30.8. The Kier molecular flexibility index (Phi) is 3.21. The number of carbonyl (C=O) groups excluding carboxylic acids is 2. The number of H-pyrrole nitrogens is 1. The Morgan fingerprint density at radius 1 is 1.23 bits per heavy atom. The van der Waals surface area contributed by atoms with Crippen LogP contribution in [0.5, 0.6) is 0 Å². The van der Waals surface area contributed by atoms with Crippen LogP contribution in [-0.4, -0.2) is 21.7 Å². The van der Waals surface area contributed by atoms with E-state index in [0.29, 0.717) is 16.6 Å². The highest BCUT2D eigenvalue weighted by atomic mass is 19.1. The second-order valence-electron chi connectivity index (χ2n) is 4.97. The van der Waals surface area contributed by atoms with Crippen molar-refractivity contribution in [3.05, 3.63) is 64.7 Å². The largest absolute Gasteiger partial charge is 0.366 e. The minimum atomic E-state index is -0.913. The number of amides is 1. The first-order valence-corrected chi connectivity index (χ1v) is 6.56. The summed E-state index contributed by atoms with van der Waals surface area (Å²) in [6.07, 6.45) is 3.15. The van der Waals surface area contributed by atoms with E-state index in [2.05, 4.69) is 9.97 Å². The molecule has 0 unspecified atom stereocenters. The highest BCUT2D eigenvalue weighted by Gasteiger charge is 2.21. The van der Waals surface area contributed by atoms with Crippen molar-refractivity contribution in [3.8, 4) is 0 Å². The van der Waals surface area contributed by atoms with Crippen molar-refractivity contribution < 1.29 is 14.0 Å². The number of pyridine rings is 1. The van der Waals surface area contributed by atoms with E-state index in [0.717, 1.165) is 5.56 Å². The Morgan fingerprint density at radius 2 is 1.95 bits per heavy atom. The van der Waals surface area contributed by atoms with Crippen LogP contribution in [0, 0.1) is 12.7 Å². The van der Waals surface area contributed by atoms with Crippen molar-refractivity contribution >= 4 is 22.7 Å². The molecule has 3 aromatic rings. The maximum Gasteiger partial charge on any atom is 0.251 e. The number of ketones is 1. The monoisotopic (exact) mass is 297 g/mol. The molecule has 0 saturated carbocycles. The number of hydrogen-bond donors (Lipinski definition) is 2. The molecule has 0 fully saturated rings. The number of benzene rings is 1. The van der Waals surface area contributed by atoms with Crippen LogP contribution in [-0.2, 0) is 0 Å². The molecule has 0 spiro atoms. The molecule has 2 aromatic heterocycles. The van der Waals surface area contributed by atoms with Gasteiger partial charge in [0.15, 0.2) is 5.78 Å². The summed E-state index contributed by atoms with van der Waals surface area (Å²) in [5.41, 5.74) is 6.33. The molecule has 3 N–H and O–H groups in total. The molecule has 22 heavy (non-hydrogen) atoms. The zero-order valence-corrected chi connectivity index (χ0v) is 11.7. The molecular weight excluding hydrogens is 285 g/mol. The van der Waals surface area contributed by atoms with Gasteiger partial charge in [0.1, 0.15) is 11.5 Å². The van der Waals surface area contributed by atoms with Gasteiger partial charge in [0, 0.05) is 23.3 Å². The van der Waals surface area contributed by atoms with Crippen LogP contribution >= 0.6 is 0 Å². The predicted octanol–water partition coefficient (Wildman–Crippen LogP) is 2.34. The Balaban J connectivity index is 2.16. The van der Waals surface area contributed by atoms with E-state index in [4.69, 9.17) is 5.73 Å². The van der Waals surface area contributed by atoms with Gasteiger partial charge in [-0.1, -0.05) is 6.07 Å². The molecular formula is C16H12FN3O2. The van der Waals surface area contributed by atoms with Gasteiger partial charge >= 0.3 is 0 Å². The van der Waals surface area contributed by atoms with E-state index >= 15 is 0 Å². The van der Waals surface area contributed by atoms with Crippen molar-refractivity contribution in [2.75, 3.05) is 0 Å². The zero-order chi connectivity index (χ0) is 15.9. The number of aryl methyl sites for hydroxylation is 1. The molecule has 0 atom stereocenters. The normalized spacial score (nSPS) is 10.8. The number of nitrogens with zero attached hydrogens (tertiary/aromatic N) is 1. The van der Waals surface area contributed by atoms with E-state index in [1.165, 1.54) is 24.4 Å². The van der Waals surface area contributed by atoms with Crippen molar-refractivity contribution in [1.29, 1.82) is 0 Å². The van der Waals surface area contributed by atoms with Crippen molar-refractivity contribution in [1.82, 2.24) is 9.97 Å². The number of aromatic nitrogens is 2. The molecule has 0 saturated heterocycles. The third-order valence-corrected chi connectivity index (χ3v) is 3.42. The predicted molar refractivity (Wildman–Crippen MR) is 79.2 cm³/mol. The second kappa shape index (κ2) is 5.07. The first-order chi connectivity index (χ1) is 10.5. The number of nitrogens with one attached hydrogen (secondary N) is 1. The highest BCUT2D eigenvalue weighted by molar-refractivity contribution is 6.16. The number of rotatable bonds is 3. The average molecular weight is 297 g/mol. The van der Waals surface area contributed by atoms with Gasteiger partial charge in [-0.15, -0.1) is 0 Å². The average Bonchev–Trinajstić information content (AvgIpc) is 2.89. The fraction of sp³-hybridized carbons (Fsp3) is 0.0625. The van der Waals surface area contributed by atoms with Crippen LogP contribution in [0.1, 0.15) is 31.8 Å². The maximum atomic E-state index is 14.3. The quantitative estimate of drug-likeness (QED) is 0.727. The van der Waals surface area contributed by atoms with Gasteiger partial charge < -0.3 is 10.7 Å². The molecule has 0 aliphatic rings. The molecule has 6 heteroatoms. The van der Waals surface area contributed by atoms with Gasteiger partial charge in [0.2, 0.25) is 0 Å². The lowest BCUT2D eigenvalue weighted by atomic mass is 10.00. The smallest absolute Gasteiger partial charge is 0.251 e. The zero-order valence-electron chi connectivity index (χ0n) is 11.7. The Labute approximate surface area is 125 Å². The number of aromatic amines is 1. The fourth-order valence-electron chi connectivity index (χ4n) is 2.34. The molecule has 1 aromatic carbocycles. The second-order valence-corrected chi connectivity index (χ2v) is 4.97. The number of hydrogen-bond acceptors (Lipinski definition) is 3. The highest BCUT2D eigenvalue weighted by Crippen LogP contribution is 2.23. The topological polar surface area (TPSA) is 88.8 Å². The lowest BCUT2D eigenvalue weighted by molar-refractivity contribution is 0.0996. The van der Waals surface area contributed by atoms with E-state index in [9.17, 15) is 14.0 Å².